The van der Waals surface area contributed by atoms with Crippen LogP contribution in [0.1, 0.15) is 50.9 Å². The summed E-state index contributed by atoms with van der Waals surface area (Å²) in [7, 11) is 1.91. The van der Waals surface area contributed by atoms with E-state index in [9.17, 15) is 0 Å². The van der Waals surface area contributed by atoms with E-state index >= 15 is 0 Å². The molecule has 1 aliphatic rings. The molecule has 1 aromatic rings. The molecule has 106 valence electrons. The Hall–Kier alpha value is -1.32. The lowest BCUT2D eigenvalue weighted by atomic mass is 9.73. The number of aryl methyl sites for hydroxylation is 1. The average Bonchev–Trinajstić information content (AvgIpc) is 2.35. The second-order valence-electron chi connectivity index (χ2n) is 6.27. The molecule has 1 atom stereocenters. The van der Waals surface area contributed by atoms with Gasteiger partial charge in [-0.15, -0.1) is 0 Å². The first-order chi connectivity index (χ1) is 8.94. The van der Waals surface area contributed by atoms with Crippen LogP contribution < -0.4 is 10.6 Å². The fourth-order valence-electron chi connectivity index (χ4n) is 2.94. The zero-order valence-corrected chi connectivity index (χ0v) is 12.8. The number of hydrogen-bond acceptors (Lipinski definition) is 4. The van der Waals surface area contributed by atoms with Gasteiger partial charge in [-0.1, -0.05) is 26.7 Å². The maximum Gasteiger partial charge on any atom is 0.134 e. The summed E-state index contributed by atoms with van der Waals surface area (Å²) < 4.78 is 0. The fraction of sp³-hybridized carbons (Fsp3) is 0.733. The summed E-state index contributed by atoms with van der Waals surface area (Å²) in [5.74, 6) is 2.71. The highest BCUT2D eigenvalue weighted by Gasteiger charge is 2.32. The standard InChI is InChI=1S/C15H26N4/c1-10-13(16-5)17-11(2)18-14(10)19-12-8-6-7-9-15(12,3)4/h12H,6-9H2,1-5H3,(H2,16,17,18,19). The zero-order valence-electron chi connectivity index (χ0n) is 12.8. The van der Waals surface area contributed by atoms with Gasteiger partial charge < -0.3 is 10.6 Å². The lowest BCUT2D eigenvalue weighted by molar-refractivity contribution is 0.216. The number of nitrogens with one attached hydrogen (secondary N) is 2. The molecule has 2 rings (SSSR count). The predicted octanol–water partition coefficient (Wildman–Crippen LogP) is 3.52. The second kappa shape index (κ2) is 5.35. The summed E-state index contributed by atoms with van der Waals surface area (Å²) in [5, 5.41) is 6.81. The summed E-state index contributed by atoms with van der Waals surface area (Å²) in [6.07, 6.45) is 5.16. The molecule has 0 radical (unpaired) electrons. The molecule has 0 aliphatic heterocycles. The van der Waals surface area contributed by atoms with Gasteiger partial charge in [0.15, 0.2) is 0 Å². The normalized spacial score (nSPS) is 22.1. The molecule has 4 nitrogen and oxygen atoms in total. The van der Waals surface area contributed by atoms with Crippen molar-refractivity contribution < 1.29 is 0 Å². The molecule has 1 aromatic heterocycles. The van der Waals surface area contributed by atoms with E-state index in [0.717, 1.165) is 23.0 Å². The van der Waals surface area contributed by atoms with Crippen LogP contribution in [0.4, 0.5) is 11.6 Å². The Morgan fingerprint density at radius 1 is 1.11 bits per heavy atom. The van der Waals surface area contributed by atoms with Crippen LogP contribution in [-0.2, 0) is 0 Å². The van der Waals surface area contributed by atoms with E-state index < -0.39 is 0 Å². The van der Waals surface area contributed by atoms with Crippen LogP contribution >= 0.6 is 0 Å². The number of rotatable bonds is 3. The monoisotopic (exact) mass is 262 g/mol. The predicted molar refractivity (Wildman–Crippen MR) is 80.7 cm³/mol. The first kappa shape index (κ1) is 14.1. The van der Waals surface area contributed by atoms with Crippen molar-refractivity contribution in [3.63, 3.8) is 0 Å². The van der Waals surface area contributed by atoms with Crippen LogP contribution in [-0.4, -0.2) is 23.1 Å². The van der Waals surface area contributed by atoms with Crippen molar-refractivity contribution in [2.24, 2.45) is 5.41 Å². The molecule has 19 heavy (non-hydrogen) atoms. The van der Waals surface area contributed by atoms with Crippen LogP contribution in [0.3, 0.4) is 0 Å². The van der Waals surface area contributed by atoms with Crippen LogP contribution in [0.25, 0.3) is 0 Å². The maximum atomic E-state index is 4.58. The van der Waals surface area contributed by atoms with Crippen molar-refractivity contribution >= 4 is 11.6 Å². The third-order valence-corrected chi connectivity index (χ3v) is 4.31. The first-order valence-electron chi connectivity index (χ1n) is 7.23. The minimum atomic E-state index is 0.337. The van der Waals surface area contributed by atoms with Crippen molar-refractivity contribution in [2.75, 3.05) is 17.7 Å². The Morgan fingerprint density at radius 3 is 2.42 bits per heavy atom. The molecule has 2 N–H and O–H groups in total. The van der Waals surface area contributed by atoms with Crippen molar-refractivity contribution in [3.8, 4) is 0 Å². The van der Waals surface area contributed by atoms with Crippen molar-refractivity contribution in [1.29, 1.82) is 0 Å². The first-order valence-corrected chi connectivity index (χ1v) is 7.23. The Morgan fingerprint density at radius 2 is 1.79 bits per heavy atom. The Balaban J connectivity index is 2.25. The third-order valence-electron chi connectivity index (χ3n) is 4.31. The molecular formula is C15H26N4. The van der Waals surface area contributed by atoms with Crippen LogP contribution in [0.15, 0.2) is 0 Å². The van der Waals surface area contributed by atoms with E-state index in [1.165, 1.54) is 25.7 Å². The van der Waals surface area contributed by atoms with Gasteiger partial charge in [-0.3, -0.25) is 0 Å². The summed E-state index contributed by atoms with van der Waals surface area (Å²) in [6.45, 7) is 8.72. The van der Waals surface area contributed by atoms with E-state index in [2.05, 4.69) is 41.4 Å². The largest absolute Gasteiger partial charge is 0.373 e. The van der Waals surface area contributed by atoms with Crippen molar-refractivity contribution in [3.05, 3.63) is 11.4 Å². The third kappa shape index (κ3) is 2.99. The Kier molecular flexibility index (Phi) is 3.97. The number of anilines is 2. The molecule has 1 fully saturated rings. The Labute approximate surface area is 116 Å². The van der Waals surface area contributed by atoms with E-state index in [0.29, 0.717) is 11.5 Å². The topological polar surface area (TPSA) is 49.8 Å². The fourth-order valence-corrected chi connectivity index (χ4v) is 2.94. The van der Waals surface area contributed by atoms with E-state index in [-0.39, 0.29) is 0 Å². The van der Waals surface area contributed by atoms with Gasteiger partial charge in [0.25, 0.3) is 0 Å². The maximum absolute atomic E-state index is 4.58. The van der Waals surface area contributed by atoms with Crippen molar-refractivity contribution in [1.82, 2.24) is 9.97 Å². The van der Waals surface area contributed by atoms with Gasteiger partial charge in [0, 0.05) is 18.7 Å². The molecule has 4 heteroatoms. The highest BCUT2D eigenvalue weighted by atomic mass is 15.1. The molecule has 0 saturated heterocycles. The lowest BCUT2D eigenvalue weighted by Crippen LogP contribution is -2.39. The average molecular weight is 262 g/mol. The van der Waals surface area contributed by atoms with Crippen LogP contribution in [0.5, 0.6) is 0 Å². The van der Waals surface area contributed by atoms with Gasteiger partial charge in [-0.2, -0.15) is 0 Å². The molecular weight excluding hydrogens is 236 g/mol. The summed E-state index contributed by atoms with van der Waals surface area (Å²) in [4.78, 5) is 9.00. The van der Waals surface area contributed by atoms with Crippen LogP contribution in [0, 0.1) is 19.3 Å². The molecule has 0 spiro atoms. The number of hydrogen-bond donors (Lipinski definition) is 2. The second-order valence-corrected chi connectivity index (χ2v) is 6.27. The molecule has 1 saturated carbocycles. The number of aromatic nitrogens is 2. The molecule has 0 aromatic carbocycles. The minimum Gasteiger partial charge on any atom is -0.373 e. The van der Waals surface area contributed by atoms with Crippen LogP contribution in [0.2, 0.25) is 0 Å². The smallest absolute Gasteiger partial charge is 0.134 e. The molecule has 0 bridgehead atoms. The number of nitrogens with zero attached hydrogens (tertiary/aromatic N) is 2. The lowest BCUT2D eigenvalue weighted by Gasteiger charge is -2.39. The SMILES string of the molecule is CNc1nc(C)nc(NC2CCCCC2(C)C)c1C. The van der Waals surface area contributed by atoms with E-state index in [1.807, 2.05) is 14.0 Å². The molecule has 1 heterocycles. The quantitative estimate of drug-likeness (QED) is 0.875. The van der Waals surface area contributed by atoms with Gasteiger partial charge in [0.1, 0.15) is 17.5 Å². The Bertz CT molecular complexity index is 454. The summed E-state index contributed by atoms with van der Waals surface area (Å²) in [5.41, 5.74) is 1.44. The zero-order chi connectivity index (χ0) is 14.0. The van der Waals surface area contributed by atoms with Gasteiger partial charge >= 0.3 is 0 Å². The highest BCUT2D eigenvalue weighted by molar-refractivity contribution is 5.57. The molecule has 0 amide bonds. The molecule has 1 unspecified atom stereocenters. The highest BCUT2D eigenvalue weighted by Crippen LogP contribution is 2.37. The summed E-state index contributed by atoms with van der Waals surface area (Å²) >= 11 is 0. The van der Waals surface area contributed by atoms with Crippen molar-refractivity contribution in [2.45, 2.75) is 59.4 Å². The van der Waals surface area contributed by atoms with Gasteiger partial charge in [-0.05, 0) is 32.1 Å². The van der Waals surface area contributed by atoms with E-state index in [1.54, 1.807) is 0 Å². The van der Waals surface area contributed by atoms with Gasteiger partial charge in [0.05, 0.1) is 0 Å². The van der Waals surface area contributed by atoms with E-state index in [4.69, 9.17) is 0 Å². The van der Waals surface area contributed by atoms with Gasteiger partial charge in [-0.25, -0.2) is 9.97 Å². The molecule has 1 aliphatic carbocycles. The summed E-state index contributed by atoms with van der Waals surface area (Å²) in [6, 6.07) is 0.499. The van der Waals surface area contributed by atoms with Gasteiger partial charge in [0.2, 0.25) is 0 Å². The minimum absolute atomic E-state index is 0.337.